The molecule has 3 rings (SSSR count). The number of thiazole rings is 1. The molecule has 2 aromatic carbocycles. The average molecular weight is 343 g/mol. The third-order valence-corrected chi connectivity index (χ3v) is 4.80. The van der Waals surface area contributed by atoms with Gasteiger partial charge in [-0.1, -0.05) is 35.6 Å². The van der Waals surface area contributed by atoms with E-state index in [0.29, 0.717) is 11.7 Å². The number of hydrogen-bond acceptors (Lipinski definition) is 4. The van der Waals surface area contributed by atoms with Crippen molar-refractivity contribution in [1.82, 2.24) is 9.88 Å². The van der Waals surface area contributed by atoms with Gasteiger partial charge in [0.1, 0.15) is 5.82 Å². The van der Waals surface area contributed by atoms with Crippen LogP contribution in [0.15, 0.2) is 48.5 Å². The number of likely N-dealkylation sites (N-methyl/N-ethyl adjacent to an activating group) is 2. The van der Waals surface area contributed by atoms with Gasteiger partial charge < -0.3 is 0 Å². The third-order valence-electron chi connectivity index (χ3n) is 3.69. The van der Waals surface area contributed by atoms with Crippen LogP contribution in [0.4, 0.5) is 9.52 Å². The number of fused-ring (bicyclic) bond motifs is 1. The lowest BCUT2D eigenvalue weighted by molar-refractivity contribution is -0.119. The fourth-order valence-electron chi connectivity index (χ4n) is 2.45. The van der Waals surface area contributed by atoms with E-state index in [-0.39, 0.29) is 18.3 Å². The number of aromatic nitrogens is 1. The number of anilines is 1. The summed E-state index contributed by atoms with van der Waals surface area (Å²) in [7, 11) is 3.57. The van der Waals surface area contributed by atoms with Gasteiger partial charge in [0.15, 0.2) is 5.13 Å². The van der Waals surface area contributed by atoms with Gasteiger partial charge in [0, 0.05) is 13.6 Å². The molecule has 4 nitrogen and oxygen atoms in total. The summed E-state index contributed by atoms with van der Waals surface area (Å²) in [5, 5.41) is 0.681. The predicted octanol–water partition coefficient (Wildman–Crippen LogP) is 3.53. The van der Waals surface area contributed by atoms with E-state index >= 15 is 0 Å². The number of nitrogens with zero attached hydrogens (tertiary/aromatic N) is 3. The number of carbonyl (C=O) groups excluding carboxylic acids is 1. The molecule has 0 radical (unpaired) electrons. The number of para-hydroxylation sites is 1. The average Bonchev–Trinajstić information content (AvgIpc) is 2.97. The largest absolute Gasteiger partial charge is 0.293 e. The lowest BCUT2D eigenvalue weighted by Crippen LogP contribution is -2.36. The van der Waals surface area contributed by atoms with E-state index in [1.54, 1.807) is 18.0 Å². The summed E-state index contributed by atoms with van der Waals surface area (Å²) in [5.41, 5.74) is 1.73. The Morgan fingerprint density at radius 3 is 2.71 bits per heavy atom. The number of rotatable bonds is 5. The molecule has 6 heteroatoms. The van der Waals surface area contributed by atoms with Crippen LogP contribution in [0.25, 0.3) is 10.2 Å². The number of hydrogen-bond donors (Lipinski definition) is 0. The third kappa shape index (κ3) is 3.77. The Kier molecular flexibility index (Phi) is 4.87. The van der Waals surface area contributed by atoms with Gasteiger partial charge in [-0.05, 0) is 36.9 Å². The minimum atomic E-state index is -0.265. The monoisotopic (exact) mass is 343 g/mol. The van der Waals surface area contributed by atoms with Crippen molar-refractivity contribution in [1.29, 1.82) is 0 Å². The van der Waals surface area contributed by atoms with Crippen molar-refractivity contribution in [3.05, 3.63) is 59.9 Å². The summed E-state index contributed by atoms with van der Waals surface area (Å²) in [6.07, 6.45) is 0. The Hall–Kier alpha value is -2.31. The zero-order chi connectivity index (χ0) is 17.1. The maximum Gasteiger partial charge on any atom is 0.242 e. The summed E-state index contributed by atoms with van der Waals surface area (Å²) in [5.74, 6) is -0.313. The second kappa shape index (κ2) is 7.07. The molecule has 0 aliphatic heterocycles. The first-order valence-corrected chi connectivity index (χ1v) is 8.39. The molecule has 1 aromatic heterocycles. The van der Waals surface area contributed by atoms with Gasteiger partial charge in [0.25, 0.3) is 0 Å². The van der Waals surface area contributed by atoms with Crippen molar-refractivity contribution in [3.8, 4) is 0 Å². The molecule has 1 amide bonds. The molecular weight excluding hydrogens is 325 g/mol. The first-order chi connectivity index (χ1) is 11.5. The quantitative estimate of drug-likeness (QED) is 0.711. The van der Waals surface area contributed by atoms with Crippen LogP contribution >= 0.6 is 11.3 Å². The van der Waals surface area contributed by atoms with Gasteiger partial charge in [-0.15, -0.1) is 0 Å². The molecule has 3 aromatic rings. The zero-order valence-corrected chi connectivity index (χ0v) is 14.4. The molecule has 0 spiro atoms. The maximum absolute atomic E-state index is 13.2. The topological polar surface area (TPSA) is 36.4 Å². The molecule has 0 N–H and O–H groups in total. The van der Waals surface area contributed by atoms with Crippen LogP contribution < -0.4 is 4.90 Å². The van der Waals surface area contributed by atoms with Crippen molar-refractivity contribution in [2.24, 2.45) is 0 Å². The van der Waals surface area contributed by atoms with Crippen LogP contribution in [0.5, 0.6) is 0 Å². The van der Waals surface area contributed by atoms with Crippen LogP contribution in [0, 0.1) is 5.82 Å². The molecule has 0 aliphatic rings. The highest BCUT2D eigenvalue weighted by molar-refractivity contribution is 7.22. The van der Waals surface area contributed by atoms with Gasteiger partial charge in [-0.25, -0.2) is 9.37 Å². The smallest absolute Gasteiger partial charge is 0.242 e. The second-order valence-electron chi connectivity index (χ2n) is 5.72. The van der Waals surface area contributed by atoms with Gasteiger partial charge >= 0.3 is 0 Å². The van der Waals surface area contributed by atoms with E-state index < -0.39 is 0 Å². The summed E-state index contributed by atoms with van der Waals surface area (Å²) in [6.45, 7) is 0.750. The number of carbonyl (C=O) groups is 1. The summed E-state index contributed by atoms with van der Waals surface area (Å²) < 4.78 is 14.3. The number of amides is 1. The van der Waals surface area contributed by atoms with Gasteiger partial charge in [0.05, 0.1) is 16.8 Å². The second-order valence-corrected chi connectivity index (χ2v) is 6.73. The molecule has 1 heterocycles. The molecular formula is C18H18FN3OS. The van der Waals surface area contributed by atoms with E-state index in [1.807, 2.05) is 42.3 Å². The minimum Gasteiger partial charge on any atom is -0.293 e. The highest BCUT2D eigenvalue weighted by Crippen LogP contribution is 2.27. The van der Waals surface area contributed by atoms with E-state index in [9.17, 15) is 9.18 Å². The molecule has 124 valence electrons. The maximum atomic E-state index is 13.2. The fraction of sp³-hybridized carbons (Fsp3) is 0.222. The lowest BCUT2D eigenvalue weighted by Gasteiger charge is -2.20. The Morgan fingerprint density at radius 1 is 1.17 bits per heavy atom. The van der Waals surface area contributed by atoms with Crippen LogP contribution in [0.2, 0.25) is 0 Å². The Bertz CT molecular complexity index is 831. The molecule has 0 atom stereocenters. The van der Waals surface area contributed by atoms with Crippen LogP contribution in [0.3, 0.4) is 0 Å². The van der Waals surface area contributed by atoms with Gasteiger partial charge in [-0.2, -0.15) is 0 Å². The normalized spacial score (nSPS) is 11.2. The van der Waals surface area contributed by atoms with E-state index in [0.717, 1.165) is 15.8 Å². The van der Waals surface area contributed by atoms with Crippen molar-refractivity contribution >= 4 is 32.6 Å². The van der Waals surface area contributed by atoms with E-state index in [2.05, 4.69) is 4.98 Å². The van der Waals surface area contributed by atoms with E-state index in [4.69, 9.17) is 0 Å². The highest BCUT2D eigenvalue weighted by Gasteiger charge is 2.17. The van der Waals surface area contributed by atoms with Crippen LogP contribution in [0.1, 0.15) is 5.56 Å². The number of halogens is 1. The molecule has 0 aliphatic carbocycles. The number of benzene rings is 2. The molecule has 0 saturated carbocycles. The summed E-state index contributed by atoms with van der Waals surface area (Å²) >= 11 is 1.49. The molecule has 0 bridgehead atoms. The first kappa shape index (κ1) is 16.5. The molecule has 0 saturated heterocycles. The van der Waals surface area contributed by atoms with Crippen molar-refractivity contribution in [3.63, 3.8) is 0 Å². The van der Waals surface area contributed by atoms with Crippen molar-refractivity contribution in [2.45, 2.75) is 6.54 Å². The lowest BCUT2D eigenvalue weighted by atomic mass is 10.2. The summed E-state index contributed by atoms with van der Waals surface area (Å²) in [6, 6.07) is 14.2. The van der Waals surface area contributed by atoms with Gasteiger partial charge in [-0.3, -0.25) is 14.6 Å². The van der Waals surface area contributed by atoms with Crippen LogP contribution in [-0.4, -0.2) is 36.4 Å². The predicted molar refractivity (Wildman–Crippen MR) is 95.8 cm³/mol. The first-order valence-electron chi connectivity index (χ1n) is 7.58. The zero-order valence-electron chi connectivity index (χ0n) is 13.6. The Labute approximate surface area is 144 Å². The minimum absolute atomic E-state index is 0.0482. The fourth-order valence-corrected chi connectivity index (χ4v) is 3.39. The molecule has 0 unspecified atom stereocenters. The van der Waals surface area contributed by atoms with Crippen molar-refractivity contribution in [2.75, 3.05) is 25.5 Å². The summed E-state index contributed by atoms with van der Waals surface area (Å²) in [4.78, 5) is 20.4. The van der Waals surface area contributed by atoms with Crippen LogP contribution in [-0.2, 0) is 11.3 Å². The van der Waals surface area contributed by atoms with E-state index in [1.165, 1.54) is 23.5 Å². The Balaban J connectivity index is 1.65. The standard InChI is InChI=1S/C18H18FN3OS/c1-21(11-13-6-5-7-14(19)10-13)12-17(23)22(2)18-20-15-8-3-4-9-16(15)24-18/h3-10H,11-12H2,1-2H3. The Morgan fingerprint density at radius 2 is 1.96 bits per heavy atom. The molecule has 24 heavy (non-hydrogen) atoms. The van der Waals surface area contributed by atoms with Crippen molar-refractivity contribution < 1.29 is 9.18 Å². The highest BCUT2D eigenvalue weighted by atomic mass is 32.1. The molecule has 0 fully saturated rings. The van der Waals surface area contributed by atoms with Gasteiger partial charge in [0.2, 0.25) is 5.91 Å². The SMILES string of the molecule is CN(CC(=O)N(C)c1nc2ccccc2s1)Cc1cccc(F)c1.